The van der Waals surface area contributed by atoms with Crippen LogP contribution in [0.3, 0.4) is 0 Å². The number of benzene rings is 5. The van der Waals surface area contributed by atoms with Crippen molar-refractivity contribution in [3.05, 3.63) is 121 Å². The Kier molecular flexibility index (Phi) is 5.62. The summed E-state index contributed by atoms with van der Waals surface area (Å²) in [6, 6.07) is 38.5. The molecule has 1 aromatic heterocycles. The molecule has 0 saturated heterocycles. The Bertz CT molecular complexity index is 2220. The van der Waals surface area contributed by atoms with Crippen LogP contribution < -0.4 is 19.6 Å². The lowest BCUT2D eigenvalue weighted by molar-refractivity contribution is 0.495. The molecular formula is C40H38N6. The summed E-state index contributed by atoms with van der Waals surface area (Å²) < 4.78 is 2.48. The minimum absolute atomic E-state index is 0.0225. The number of nitrogens with zero attached hydrogens (tertiary/aromatic N) is 6. The zero-order valence-electron chi connectivity index (χ0n) is 27.1. The lowest BCUT2D eigenvalue weighted by Crippen LogP contribution is -2.25. The standard InChI is InChI=1S/C40H38N6/c1-40(2,3)27-21-29(43-20-19-41(4)25-43)23-30(22-27)45-37-16-10-12-32-31-11-6-7-13-33(31)46(39(32)37)36-18-17-28(24-38(36)45)44-26-42(5)34-14-8-9-15-35(34)44/h6-24H,25-26H2,1-5H3. The fraction of sp³-hybridized carbons (Fsp3) is 0.200. The van der Waals surface area contributed by atoms with Crippen molar-refractivity contribution in [1.82, 2.24) is 9.47 Å². The molecule has 46 heavy (non-hydrogen) atoms. The van der Waals surface area contributed by atoms with Crippen LogP contribution in [0.15, 0.2) is 116 Å². The highest BCUT2D eigenvalue weighted by Gasteiger charge is 2.32. The van der Waals surface area contributed by atoms with Crippen molar-refractivity contribution in [2.24, 2.45) is 0 Å². The van der Waals surface area contributed by atoms with Crippen molar-refractivity contribution >= 4 is 61.6 Å². The predicted molar refractivity (Wildman–Crippen MR) is 194 cm³/mol. The van der Waals surface area contributed by atoms with Crippen LogP contribution in [0.2, 0.25) is 0 Å². The molecule has 9 rings (SSSR count). The van der Waals surface area contributed by atoms with E-state index in [4.69, 9.17) is 0 Å². The van der Waals surface area contributed by atoms with Crippen LogP contribution in [-0.4, -0.2) is 36.9 Å². The van der Waals surface area contributed by atoms with E-state index in [0.29, 0.717) is 0 Å². The first-order chi connectivity index (χ1) is 22.3. The van der Waals surface area contributed by atoms with Gasteiger partial charge in [0.1, 0.15) is 0 Å². The third-order valence-electron chi connectivity index (χ3n) is 9.84. The molecule has 0 bridgehead atoms. The van der Waals surface area contributed by atoms with E-state index in [1.165, 1.54) is 72.9 Å². The van der Waals surface area contributed by atoms with Crippen LogP contribution in [0.5, 0.6) is 0 Å². The van der Waals surface area contributed by atoms with Crippen LogP contribution in [0.4, 0.5) is 39.8 Å². The van der Waals surface area contributed by atoms with Gasteiger partial charge in [0.2, 0.25) is 0 Å². The maximum Gasteiger partial charge on any atom is 0.0950 e. The Morgan fingerprint density at radius 1 is 0.565 bits per heavy atom. The predicted octanol–water partition coefficient (Wildman–Crippen LogP) is 9.59. The second-order valence-corrected chi connectivity index (χ2v) is 13.9. The van der Waals surface area contributed by atoms with Crippen LogP contribution in [-0.2, 0) is 5.41 Å². The molecule has 0 atom stereocenters. The highest BCUT2D eigenvalue weighted by molar-refractivity contribution is 6.16. The van der Waals surface area contributed by atoms with E-state index in [2.05, 4.69) is 179 Å². The molecule has 5 aromatic carbocycles. The van der Waals surface area contributed by atoms with Gasteiger partial charge in [-0.15, -0.1) is 0 Å². The second kappa shape index (κ2) is 9.57. The number of fused-ring (bicyclic) bond motifs is 6. The van der Waals surface area contributed by atoms with Crippen molar-refractivity contribution in [2.75, 3.05) is 47.0 Å². The molecule has 0 fully saturated rings. The molecule has 4 heterocycles. The molecule has 0 aliphatic carbocycles. The zero-order chi connectivity index (χ0) is 31.3. The first kappa shape index (κ1) is 27.0. The van der Waals surface area contributed by atoms with Gasteiger partial charge >= 0.3 is 0 Å². The summed E-state index contributed by atoms with van der Waals surface area (Å²) in [4.78, 5) is 11.8. The number of rotatable bonds is 3. The Hall–Kier alpha value is -5.36. The quantitative estimate of drug-likeness (QED) is 0.200. The molecule has 0 N–H and O–H groups in total. The largest absolute Gasteiger partial charge is 0.361 e. The number of anilines is 7. The van der Waals surface area contributed by atoms with E-state index in [1.807, 2.05) is 0 Å². The van der Waals surface area contributed by atoms with Gasteiger partial charge in [-0.25, -0.2) is 0 Å². The number of hydrogen-bond donors (Lipinski definition) is 0. The lowest BCUT2D eigenvalue weighted by atomic mass is 9.86. The molecule has 0 amide bonds. The smallest absolute Gasteiger partial charge is 0.0950 e. The Morgan fingerprint density at radius 3 is 2.11 bits per heavy atom. The van der Waals surface area contributed by atoms with Crippen molar-refractivity contribution in [3.8, 4) is 5.69 Å². The molecule has 6 aromatic rings. The maximum absolute atomic E-state index is 2.51. The molecule has 0 spiro atoms. The normalized spacial score (nSPS) is 15.5. The van der Waals surface area contributed by atoms with E-state index < -0.39 is 0 Å². The third kappa shape index (κ3) is 3.89. The Labute approximate surface area is 270 Å². The topological polar surface area (TPSA) is 21.1 Å². The fourth-order valence-corrected chi connectivity index (χ4v) is 7.51. The van der Waals surface area contributed by atoms with E-state index in [9.17, 15) is 0 Å². The van der Waals surface area contributed by atoms with Gasteiger partial charge in [-0.1, -0.05) is 63.2 Å². The van der Waals surface area contributed by atoms with Crippen molar-refractivity contribution in [1.29, 1.82) is 0 Å². The highest BCUT2D eigenvalue weighted by atomic mass is 15.4. The third-order valence-corrected chi connectivity index (χ3v) is 9.84. The van der Waals surface area contributed by atoms with E-state index in [1.54, 1.807) is 0 Å². The maximum atomic E-state index is 2.51. The number of aromatic nitrogens is 1. The molecule has 3 aliphatic rings. The SMILES string of the molecule is CN1C=CN(c2cc(N3c4cc(N5CN(C)c6ccccc65)ccc4-n4c5ccccc5c5cccc3c54)cc(C(C)(C)C)c2)C1. The van der Waals surface area contributed by atoms with Gasteiger partial charge in [0, 0.05) is 54.3 Å². The zero-order valence-corrected chi connectivity index (χ0v) is 27.1. The molecule has 0 unspecified atom stereocenters. The first-order valence-electron chi connectivity index (χ1n) is 16.1. The molecule has 228 valence electrons. The molecule has 0 radical (unpaired) electrons. The van der Waals surface area contributed by atoms with E-state index in [0.717, 1.165) is 13.3 Å². The Morgan fingerprint density at radius 2 is 1.30 bits per heavy atom. The van der Waals surface area contributed by atoms with E-state index in [-0.39, 0.29) is 5.41 Å². The highest BCUT2D eigenvalue weighted by Crippen LogP contribution is 2.52. The molecular weight excluding hydrogens is 564 g/mol. The van der Waals surface area contributed by atoms with Crippen LogP contribution in [0.25, 0.3) is 27.5 Å². The lowest BCUT2D eigenvalue weighted by Gasteiger charge is -2.35. The summed E-state index contributed by atoms with van der Waals surface area (Å²) >= 11 is 0. The monoisotopic (exact) mass is 602 g/mol. The summed E-state index contributed by atoms with van der Waals surface area (Å²) in [5.41, 5.74) is 13.4. The molecule has 6 nitrogen and oxygen atoms in total. The minimum atomic E-state index is -0.0225. The summed E-state index contributed by atoms with van der Waals surface area (Å²) in [6.45, 7) is 8.57. The van der Waals surface area contributed by atoms with Crippen LogP contribution in [0, 0.1) is 0 Å². The van der Waals surface area contributed by atoms with Crippen LogP contribution >= 0.6 is 0 Å². The summed E-state index contributed by atoms with van der Waals surface area (Å²) in [5, 5.41) is 2.56. The van der Waals surface area contributed by atoms with Crippen molar-refractivity contribution in [2.45, 2.75) is 26.2 Å². The average Bonchev–Trinajstić information content (AvgIpc) is 3.75. The molecule has 3 aliphatic heterocycles. The van der Waals surface area contributed by atoms with Gasteiger partial charge in [-0.3, -0.25) is 0 Å². The Balaban J connectivity index is 1.33. The van der Waals surface area contributed by atoms with Gasteiger partial charge < -0.3 is 29.1 Å². The number of hydrogen-bond acceptors (Lipinski definition) is 5. The van der Waals surface area contributed by atoms with Gasteiger partial charge in [0.15, 0.2) is 0 Å². The van der Waals surface area contributed by atoms with Gasteiger partial charge in [0.05, 0.1) is 52.8 Å². The second-order valence-electron chi connectivity index (χ2n) is 13.9. The van der Waals surface area contributed by atoms with Gasteiger partial charge in [0.25, 0.3) is 0 Å². The average molecular weight is 603 g/mol. The van der Waals surface area contributed by atoms with Crippen molar-refractivity contribution < 1.29 is 0 Å². The minimum Gasteiger partial charge on any atom is -0.361 e. The van der Waals surface area contributed by atoms with E-state index >= 15 is 0 Å². The molecule has 0 saturated carbocycles. The van der Waals surface area contributed by atoms with Gasteiger partial charge in [-0.05, 0) is 71.6 Å². The first-order valence-corrected chi connectivity index (χ1v) is 16.1. The van der Waals surface area contributed by atoms with Crippen molar-refractivity contribution in [3.63, 3.8) is 0 Å². The number of para-hydroxylation sites is 4. The summed E-state index contributed by atoms with van der Waals surface area (Å²) in [5.74, 6) is 0. The summed E-state index contributed by atoms with van der Waals surface area (Å²) in [6.07, 6.45) is 4.34. The molecule has 6 heteroatoms. The fourth-order valence-electron chi connectivity index (χ4n) is 7.51. The van der Waals surface area contributed by atoms with Crippen LogP contribution in [0.1, 0.15) is 26.3 Å². The van der Waals surface area contributed by atoms with Gasteiger partial charge in [-0.2, -0.15) is 0 Å². The summed E-state index contributed by atoms with van der Waals surface area (Å²) in [7, 11) is 4.30.